The van der Waals surface area contributed by atoms with Crippen molar-refractivity contribution in [1.29, 1.82) is 0 Å². The first-order chi connectivity index (χ1) is 14.9. The van der Waals surface area contributed by atoms with Gasteiger partial charge in [0.25, 0.3) is 0 Å². The summed E-state index contributed by atoms with van der Waals surface area (Å²) in [6.45, 7) is 8.44. The van der Waals surface area contributed by atoms with Gasteiger partial charge in [-0.2, -0.15) is 14.5 Å². The Hall–Kier alpha value is -3.68. The Morgan fingerprint density at radius 2 is 1.81 bits per heavy atom. The molecule has 31 heavy (non-hydrogen) atoms. The minimum Gasteiger partial charge on any atom is -0.489 e. The highest BCUT2D eigenvalue weighted by Gasteiger charge is 2.15. The predicted molar refractivity (Wildman–Crippen MR) is 118 cm³/mol. The molecule has 160 valence electrons. The molecule has 0 N–H and O–H groups in total. The Kier molecular flexibility index (Phi) is 5.46. The smallest absolute Gasteiger partial charge is 0.368 e. The highest BCUT2D eigenvalue weighted by atomic mass is 16.5. The lowest BCUT2D eigenvalue weighted by molar-refractivity contribution is 0.302. The highest BCUT2D eigenvalue weighted by Crippen LogP contribution is 2.25. The van der Waals surface area contributed by atoms with Crippen LogP contribution in [0.1, 0.15) is 35.0 Å². The van der Waals surface area contributed by atoms with E-state index in [4.69, 9.17) is 4.74 Å². The largest absolute Gasteiger partial charge is 0.489 e. The third-order valence-corrected chi connectivity index (χ3v) is 5.36. The highest BCUT2D eigenvalue weighted by molar-refractivity contribution is 5.47. The maximum absolute atomic E-state index is 12.4. The van der Waals surface area contributed by atoms with E-state index in [1.165, 1.54) is 9.36 Å². The molecule has 0 saturated carbocycles. The molecular formula is C23H26N6O2. The van der Waals surface area contributed by atoms with Crippen molar-refractivity contribution in [1.82, 2.24) is 29.6 Å². The van der Waals surface area contributed by atoms with E-state index in [9.17, 15) is 4.79 Å². The van der Waals surface area contributed by atoms with Gasteiger partial charge in [0.2, 0.25) is 0 Å². The number of nitrogens with zero attached hydrogens (tertiary/aromatic N) is 6. The summed E-state index contributed by atoms with van der Waals surface area (Å²) < 4.78 is 10.7. The Morgan fingerprint density at radius 1 is 1.00 bits per heavy atom. The molecule has 0 radical (unpaired) electrons. The molecule has 4 aromatic rings. The van der Waals surface area contributed by atoms with Crippen molar-refractivity contribution < 1.29 is 4.74 Å². The van der Waals surface area contributed by atoms with Crippen LogP contribution in [-0.4, -0.2) is 29.6 Å². The van der Waals surface area contributed by atoms with Crippen LogP contribution in [0.25, 0.3) is 11.4 Å². The second-order valence-electron chi connectivity index (χ2n) is 7.64. The molecule has 0 unspecified atom stereocenters. The van der Waals surface area contributed by atoms with Crippen LogP contribution in [0.3, 0.4) is 0 Å². The maximum atomic E-state index is 12.4. The van der Waals surface area contributed by atoms with E-state index >= 15 is 0 Å². The van der Waals surface area contributed by atoms with E-state index in [1.54, 1.807) is 7.05 Å². The number of benzene rings is 2. The Balaban J connectivity index is 1.64. The molecule has 2 heterocycles. The number of hydrogen-bond acceptors (Lipinski definition) is 5. The van der Waals surface area contributed by atoms with Gasteiger partial charge >= 0.3 is 5.69 Å². The second kappa shape index (κ2) is 8.22. The zero-order valence-corrected chi connectivity index (χ0v) is 18.5. The summed E-state index contributed by atoms with van der Waals surface area (Å²) in [4.78, 5) is 12.4. The average Bonchev–Trinajstić information content (AvgIpc) is 3.27. The van der Waals surface area contributed by atoms with Crippen LogP contribution in [0, 0.1) is 20.8 Å². The molecule has 0 aliphatic rings. The van der Waals surface area contributed by atoms with Gasteiger partial charge in [-0.25, -0.2) is 9.48 Å². The lowest BCUT2D eigenvalue weighted by Crippen LogP contribution is -2.23. The minimum absolute atomic E-state index is 0.292. The van der Waals surface area contributed by atoms with Gasteiger partial charge in [-0.15, -0.1) is 0 Å². The first-order valence-corrected chi connectivity index (χ1v) is 10.3. The molecule has 0 aliphatic heterocycles. The molecule has 0 aliphatic carbocycles. The molecule has 0 atom stereocenters. The number of tetrazole rings is 1. The van der Waals surface area contributed by atoms with Crippen LogP contribution in [0.5, 0.6) is 5.75 Å². The van der Waals surface area contributed by atoms with Crippen molar-refractivity contribution in [2.75, 3.05) is 0 Å². The monoisotopic (exact) mass is 418 g/mol. The zero-order valence-electron chi connectivity index (χ0n) is 18.5. The maximum Gasteiger partial charge on any atom is 0.368 e. The second-order valence-corrected chi connectivity index (χ2v) is 7.64. The SMILES string of the molecule is CCc1cccc(-n2nnn(C)c2=O)c1COc1ccc(-n2nc(C)cc2C)cc1C. The van der Waals surface area contributed by atoms with E-state index in [0.29, 0.717) is 12.3 Å². The normalized spacial score (nSPS) is 11.1. The van der Waals surface area contributed by atoms with Crippen molar-refractivity contribution in [3.63, 3.8) is 0 Å². The molecule has 0 spiro atoms. The molecule has 8 nitrogen and oxygen atoms in total. The van der Waals surface area contributed by atoms with Crippen LogP contribution in [0.2, 0.25) is 0 Å². The third kappa shape index (κ3) is 3.88. The van der Waals surface area contributed by atoms with Crippen molar-refractivity contribution in [2.45, 2.75) is 40.7 Å². The first-order valence-electron chi connectivity index (χ1n) is 10.3. The average molecular weight is 419 g/mol. The summed E-state index contributed by atoms with van der Waals surface area (Å²) in [6, 6.07) is 13.9. The molecule has 0 bridgehead atoms. The van der Waals surface area contributed by atoms with Crippen molar-refractivity contribution in [3.05, 3.63) is 81.0 Å². The van der Waals surface area contributed by atoms with Gasteiger partial charge in [-0.05, 0) is 79.1 Å². The number of aromatic nitrogens is 6. The molecule has 4 rings (SSSR count). The van der Waals surface area contributed by atoms with Crippen LogP contribution in [-0.2, 0) is 20.1 Å². The van der Waals surface area contributed by atoms with Crippen molar-refractivity contribution in [3.8, 4) is 17.1 Å². The fourth-order valence-electron chi connectivity index (χ4n) is 3.75. The quantitative estimate of drug-likeness (QED) is 0.480. The summed E-state index contributed by atoms with van der Waals surface area (Å²) in [5, 5.41) is 12.4. The predicted octanol–water partition coefficient (Wildman–Crippen LogP) is 3.22. The fourth-order valence-corrected chi connectivity index (χ4v) is 3.75. The van der Waals surface area contributed by atoms with Gasteiger partial charge in [0.15, 0.2) is 0 Å². The topological polar surface area (TPSA) is 79.8 Å². The van der Waals surface area contributed by atoms with Crippen LogP contribution in [0.15, 0.2) is 47.3 Å². The van der Waals surface area contributed by atoms with E-state index < -0.39 is 0 Å². The summed E-state index contributed by atoms with van der Waals surface area (Å²) in [6.07, 6.45) is 0.817. The summed E-state index contributed by atoms with van der Waals surface area (Å²) in [5.74, 6) is 0.786. The Labute approximate surface area is 180 Å². The molecule has 0 saturated heterocycles. The van der Waals surface area contributed by atoms with Gasteiger partial charge in [0.05, 0.1) is 17.1 Å². The van der Waals surface area contributed by atoms with Crippen LogP contribution >= 0.6 is 0 Å². The van der Waals surface area contributed by atoms with Crippen molar-refractivity contribution in [2.24, 2.45) is 7.05 Å². The van der Waals surface area contributed by atoms with E-state index in [2.05, 4.69) is 34.6 Å². The van der Waals surface area contributed by atoms with Gasteiger partial charge in [0, 0.05) is 18.3 Å². The Morgan fingerprint density at radius 3 is 2.42 bits per heavy atom. The van der Waals surface area contributed by atoms with E-state index in [0.717, 1.165) is 45.9 Å². The summed E-state index contributed by atoms with van der Waals surface area (Å²) in [5.41, 5.74) is 6.50. The van der Waals surface area contributed by atoms with Gasteiger partial charge in [0.1, 0.15) is 12.4 Å². The van der Waals surface area contributed by atoms with E-state index in [-0.39, 0.29) is 5.69 Å². The molecule has 2 aromatic heterocycles. The van der Waals surface area contributed by atoms with Crippen LogP contribution < -0.4 is 10.4 Å². The van der Waals surface area contributed by atoms with E-state index in [1.807, 2.05) is 55.8 Å². The Bertz CT molecular complexity index is 1300. The van der Waals surface area contributed by atoms with Gasteiger partial charge < -0.3 is 4.74 Å². The third-order valence-electron chi connectivity index (χ3n) is 5.36. The van der Waals surface area contributed by atoms with Gasteiger partial charge in [-0.3, -0.25) is 0 Å². The first kappa shape index (κ1) is 20.6. The van der Waals surface area contributed by atoms with Crippen LogP contribution in [0.4, 0.5) is 0 Å². The number of rotatable bonds is 6. The lowest BCUT2D eigenvalue weighted by atomic mass is 10.0. The number of ether oxygens (including phenoxy) is 1. The number of aryl methyl sites for hydroxylation is 5. The molecule has 0 amide bonds. The molecule has 8 heteroatoms. The molecule has 0 fully saturated rings. The summed E-state index contributed by atoms with van der Waals surface area (Å²) >= 11 is 0. The summed E-state index contributed by atoms with van der Waals surface area (Å²) in [7, 11) is 1.58. The number of hydrogen-bond donors (Lipinski definition) is 0. The van der Waals surface area contributed by atoms with Crippen molar-refractivity contribution >= 4 is 0 Å². The zero-order chi connectivity index (χ0) is 22.1. The molecule has 2 aromatic carbocycles. The van der Waals surface area contributed by atoms with Gasteiger partial charge in [-0.1, -0.05) is 19.1 Å². The minimum atomic E-state index is -0.292. The fraction of sp³-hybridized carbons (Fsp3) is 0.304. The lowest BCUT2D eigenvalue weighted by Gasteiger charge is -2.16. The molecular weight excluding hydrogens is 392 g/mol. The standard InChI is InChI=1S/C23H26N6O2/c1-6-18-8-7-9-21(29-23(30)27(5)25-26-29)20(18)14-31-22-11-10-19(12-15(22)2)28-17(4)13-16(3)24-28/h7-13H,6,14H2,1-5H3.